The molecule has 1 fully saturated rings. The molecule has 1 heterocycles. The molecule has 3 rings (SSSR count). The predicted molar refractivity (Wildman–Crippen MR) is 73.5 cm³/mol. The van der Waals surface area contributed by atoms with Crippen molar-refractivity contribution in [1.29, 1.82) is 0 Å². The molecule has 0 amide bonds. The van der Waals surface area contributed by atoms with Crippen molar-refractivity contribution in [3.05, 3.63) is 35.4 Å². The molecule has 1 saturated heterocycles. The van der Waals surface area contributed by atoms with E-state index in [2.05, 4.69) is 24.3 Å². The first-order valence-corrected chi connectivity index (χ1v) is 7.27. The van der Waals surface area contributed by atoms with Crippen molar-refractivity contribution in [2.75, 3.05) is 6.61 Å². The number of nitrogens with two attached hydrogens (primary N) is 1. The minimum atomic E-state index is -0.165. The van der Waals surface area contributed by atoms with Gasteiger partial charge in [0.25, 0.3) is 0 Å². The fourth-order valence-corrected chi connectivity index (χ4v) is 3.54. The molecule has 0 spiro atoms. The fourth-order valence-electron chi connectivity index (χ4n) is 3.54. The second-order valence-electron chi connectivity index (χ2n) is 5.86. The number of hydrogen-bond donors (Lipinski definition) is 1. The summed E-state index contributed by atoms with van der Waals surface area (Å²) >= 11 is 0. The lowest BCUT2D eigenvalue weighted by molar-refractivity contribution is 0.0804. The van der Waals surface area contributed by atoms with Gasteiger partial charge in [-0.15, -0.1) is 0 Å². The maximum Gasteiger partial charge on any atom is 0.0596 e. The van der Waals surface area contributed by atoms with E-state index in [1.54, 1.807) is 0 Å². The molecule has 2 aliphatic rings. The summed E-state index contributed by atoms with van der Waals surface area (Å²) in [6.45, 7) is 0.919. The highest BCUT2D eigenvalue weighted by atomic mass is 16.5. The number of fused-ring (bicyclic) bond motifs is 1. The fraction of sp³-hybridized carbons (Fsp3) is 0.625. The minimum Gasteiger partial charge on any atom is -0.378 e. The highest BCUT2D eigenvalue weighted by molar-refractivity contribution is 5.34. The number of rotatable bonds is 2. The van der Waals surface area contributed by atoms with Gasteiger partial charge in [-0.25, -0.2) is 0 Å². The third-order valence-corrected chi connectivity index (χ3v) is 4.49. The Kier molecular flexibility index (Phi) is 3.40. The summed E-state index contributed by atoms with van der Waals surface area (Å²) in [6, 6.07) is 8.74. The summed E-state index contributed by atoms with van der Waals surface area (Å²) in [5, 5.41) is 0. The molecule has 0 saturated carbocycles. The van der Waals surface area contributed by atoms with E-state index in [0.29, 0.717) is 6.10 Å². The monoisotopic (exact) mass is 245 g/mol. The average molecular weight is 245 g/mol. The molecule has 2 unspecified atom stereocenters. The molecule has 2 atom stereocenters. The molecule has 2 heteroatoms. The third kappa shape index (κ3) is 2.32. The van der Waals surface area contributed by atoms with Gasteiger partial charge in [-0.1, -0.05) is 30.7 Å². The first-order valence-electron chi connectivity index (χ1n) is 7.27. The van der Waals surface area contributed by atoms with E-state index in [0.717, 1.165) is 19.4 Å². The minimum absolute atomic E-state index is 0.165. The van der Waals surface area contributed by atoms with E-state index in [-0.39, 0.29) is 5.54 Å². The smallest absolute Gasteiger partial charge is 0.0596 e. The third-order valence-electron chi connectivity index (χ3n) is 4.49. The van der Waals surface area contributed by atoms with Crippen LogP contribution in [0, 0.1) is 0 Å². The number of benzene rings is 1. The standard InChI is InChI=1S/C16H23NO/c17-16(12-14-8-5-11-18-14)10-4-3-7-13-6-1-2-9-15(13)16/h1-2,6,9,14H,3-5,7-8,10-12,17H2. The summed E-state index contributed by atoms with van der Waals surface area (Å²) in [5.74, 6) is 0. The quantitative estimate of drug-likeness (QED) is 0.812. The maximum atomic E-state index is 6.77. The molecule has 0 radical (unpaired) electrons. The van der Waals surface area contributed by atoms with Gasteiger partial charge in [-0.3, -0.25) is 0 Å². The molecule has 2 N–H and O–H groups in total. The van der Waals surface area contributed by atoms with Crippen LogP contribution in [0.1, 0.15) is 49.7 Å². The largest absolute Gasteiger partial charge is 0.378 e. The zero-order valence-corrected chi connectivity index (χ0v) is 11.0. The van der Waals surface area contributed by atoms with E-state index < -0.39 is 0 Å². The van der Waals surface area contributed by atoms with Crippen LogP contribution in [0.25, 0.3) is 0 Å². The van der Waals surface area contributed by atoms with Gasteiger partial charge in [0.2, 0.25) is 0 Å². The molecule has 1 aromatic carbocycles. The van der Waals surface area contributed by atoms with Crippen molar-refractivity contribution in [1.82, 2.24) is 0 Å². The summed E-state index contributed by atoms with van der Waals surface area (Å²) < 4.78 is 5.80. The Morgan fingerprint density at radius 3 is 2.94 bits per heavy atom. The summed E-state index contributed by atoms with van der Waals surface area (Å²) in [7, 11) is 0. The van der Waals surface area contributed by atoms with Gasteiger partial charge in [0.15, 0.2) is 0 Å². The topological polar surface area (TPSA) is 35.2 Å². The van der Waals surface area contributed by atoms with Crippen LogP contribution in [-0.2, 0) is 16.7 Å². The van der Waals surface area contributed by atoms with Crippen LogP contribution in [-0.4, -0.2) is 12.7 Å². The molecule has 1 aromatic rings. The molecule has 0 aromatic heterocycles. The first kappa shape index (κ1) is 12.2. The maximum absolute atomic E-state index is 6.77. The van der Waals surface area contributed by atoms with Gasteiger partial charge in [-0.05, 0) is 49.7 Å². The van der Waals surface area contributed by atoms with Gasteiger partial charge in [0, 0.05) is 12.1 Å². The highest BCUT2D eigenvalue weighted by Gasteiger charge is 2.34. The predicted octanol–water partition coefficient (Wildman–Crippen LogP) is 3.14. The zero-order chi connectivity index (χ0) is 12.4. The molecular formula is C16H23NO. The Morgan fingerprint density at radius 1 is 1.22 bits per heavy atom. The summed E-state index contributed by atoms with van der Waals surface area (Å²) in [4.78, 5) is 0. The number of hydrogen-bond acceptors (Lipinski definition) is 2. The SMILES string of the molecule is NC1(CC2CCCO2)CCCCc2ccccc21. The van der Waals surface area contributed by atoms with Crippen LogP contribution in [0.15, 0.2) is 24.3 Å². The summed E-state index contributed by atoms with van der Waals surface area (Å²) in [6.07, 6.45) is 8.53. The molecule has 2 nitrogen and oxygen atoms in total. The van der Waals surface area contributed by atoms with E-state index in [4.69, 9.17) is 10.5 Å². The molecule has 0 bridgehead atoms. The van der Waals surface area contributed by atoms with Gasteiger partial charge >= 0.3 is 0 Å². The lowest BCUT2D eigenvalue weighted by atomic mass is 9.80. The Hall–Kier alpha value is -0.860. The zero-order valence-electron chi connectivity index (χ0n) is 11.0. The molecule has 1 aliphatic carbocycles. The lowest BCUT2D eigenvalue weighted by Gasteiger charge is -2.32. The van der Waals surface area contributed by atoms with Crippen molar-refractivity contribution >= 4 is 0 Å². The molecule has 1 aliphatic heterocycles. The van der Waals surface area contributed by atoms with E-state index in [9.17, 15) is 0 Å². The first-order chi connectivity index (χ1) is 8.78. The summed E-state index contributed by atoms with van der Waals surface area (Å²) in [5.41, 5.74) is 9.43. The second kappa shape index (κ2) is 5.02. The van der Waals surface area contributed by atoms with Crippen LogP contribution in [0.3, 0.4) is 0 Å². The van der Waals surface area contributed by atoms with Crippen LogP contribution in [0.4, 0.5) is 0 Å². The Morgan fingerprint density at radius 2 is 2.11 bits per heavy atom. The van der Waals surface area contributed by atoms with Gasteiger partial charge < -0.3 is 10.5 Å². The van der Waals surface area contributed by atoms with Gasteiger partial charge in [0.1, 0.15) is 0 Å². The number of aryl methyl sites for hydroxylation is 1. The lowest BCUT2D eigenvalue weighted by Crippen LogP contribution is -2.40. The van der Waals surface area contributed by atoms with Crippen molar-refractivity contribution < 1.29 is 4.74 Å². The normalized spacial score (nSPS) is 31.9. The van der Waals surface area contributed by atoms with Crippen LogP contribution >= 0.6 is 0 Å². The van der Waals surface area contributed by atoms with Crippen molar-refractivity contribution in [2.24, 2.45) is 5.73 Å². The van der Waals surface area contributed by atoms with Crippen molar-refractivity contribution in [3.8, 4) is 0 Å². The number of ether oxygens (including phenoxy) is 1. The van der Waals surface area contributed by atoms with Crippen LogP contribution in [0.5, 0.6) is 0 Å². The molecular weight excluding hydrogens is 222 g/mol. The van der Waals surface area contributed by atoms with Crippen LogP contribution < -0.4 is 5.73 Å². The van der Waals surface area contributed by atoms with Gasteiger partial charge in [-0.2, -0.15) is 0 Å². The average Bonchev–Trinajstić information content (AvgIpc) is 2.82. The second-order valence-corrected chi connectivity index (χ2v) is 5.86. The van der Waals surface area contributed by atoms with Crippen molar-refractivity contribution in [3.63, 3.8) is 0 Å². The molecule has 98 valence electrons. The van der Waals surface area contributed by atoms with Gasteiger partial charge in [0.05, 0.1) is 6.10 Å². The Balaban J connectivity index is 1.89. The van der Waals surface area contributed by atoms with Crippen molar-refractivity contribution in [2.45, 2.75) is 56.6 Å². The molecule has 18 heavy (non-hydrogen) atoms. The Labute approximate surface area is 110 Å². The van der Waals surface area contributed by atoms with Crippen LogP contribution in [0.2, 0.25) is 0 Å². The van der Waals surface area contributed by atoms with E-state index in [1.807, 2.05) is 0 Å². The van der Waals surface area contributed by atoms with E-state index >= 15 is 0 Å². The highest BCUT2D eigenvalue weighted by Crippen LogP contribution is 2.37. The van der Waals surface area contributed by atoms with E-state index in [1.165, 1.54) is 43.2 Å². The Bertz CT molecular complexity index is 411.